The van der Waals surface area contributed by atoms with Crippen LogP contribution in [0.5, 0.6) is 0 Å². The van der Waals surface area contributed by atoms with E-state index in [2.05, 4.69) is 51.3 Å². The van der Waals surface area contributed by atoms with E-state index in [1.54, 1.807) is 11.1 Å². The van der Waals surface area contributed by atoms with E-state index in [9.17, 15) is 0 Å². The Balaban J connectivity index is 1.93. The zero-order valence-electron chi connectivity index (χ0n) is 14.2. The van der Waals surface area contributed by atoms with Gasteiger partial charge >= 0.3 is 0 Å². The maximum absolute atomic E-state index is 3.46. The predicted octanol–water partition coefficient (Wildman–Crippen LogP) is 4.87. The Labute approximate surface area is 130 Å². The molecular formula is C20H31N. The predicted molar refractivity (Wildman–Crippen MR) is 91.0 cm³/mol. The SMILES string of the molecule is CNCC1(C)CCCC2c3ccc(C(C)C)cc3CCC21. The van der Waals surface area contributed by atoms with E-state index in [1.165, 1.54) is 44.2 Å². The summed E-state index contributed by atoms with van der Waals surface area (Å²) in [7, 11) is 2.11. The molecule has 3 unspecified atom stereocenters. The van der Waals surface area contributed by atoms with Crippen LogP contribution in [-0.2, 0) is 6.42 Å². The van der Waals surface area contributed by atoms with E-state index in [1.807, 2.05) is 0 Å². The molecule has 1 heteroatoms. The Morgan fingerprint density at radius 3 is 2.81 bits per heavy atom. The fraction of sp³-hybridized carbons (Fsp3) is 0.700. The molecule has 0 radical (unpaired) electrons. The zero-order valence-corrected chi connectivity index (χ0v) is 14.2. The summed E-state index contributed by atoms with van der Waals surface area (Å²) in [6.45, 7) is 8.30. The van der Waals surface area contributed by atoms with E-state index < -0.39 is 0 Å². The van der Waals surface area contributed by atoms with Crippen LogP contribution in [0.2, 0.25) is 0 Å². The van der Waals surface area contributed by atoms with Crippen molar-refractivity contribution in [3.63, 3.8) is 0 Å². The smallest absolute Gasteiger partial charge is 0.000503 e. The maximum Gasteiger partial charge on any atom is 0.000503 e. The fourth-order valence-electron chi connectivity index (χ4n) is 5.02. The van der Waals surface area contributed by atoms with Gasteiger partial charge in [-0.1, -0.05) is 45.4 Å². The van der Waals surface area contributed by atoms with Gasteiger partial charge in [0, 0.05) is 6.54 Å². The molecule has 0 amide bonds. The van der Waals surface area contributed by atoms with E-state index in [0.717, 1.165) is 11.8 Å². The molecule has 0 heterocycles. The van der Waals surface area contributed by atoms with Crippen LogP contribution in [0.4, 0.5) is 0 Å². The molecule has 1 aromatic carbocycles. The van der Waals surface area contributed by atoms with Crippen molar-refractivity contribution in [1.29, 1.82) is 0 Å². The minimum Gasteiger partial charge on any atom is -0.319 e. The molecule has 1 N–H and O–H groups in total. The molecule has 0 spiro atoms. The van der Waals surface area contributed by atoms with Gasteiger partial charge in [0.15, 0.2) is 0 Å². The van der Waals surface area contributed by atoms with Gasteiger partial charge in [0.2, 0.25) is 0 Å². The average molecular weight is 285 g/mol. The van der Waals surface area contributed by atoms with E-state index in [-0.39, 0.29) is 0 Å². The standard InChI is InChI=1S/C20H31N/c1-14(2)15-7-9-17-16(12-15)8-10-19-18(17)6-5-11-20(19,3)13-21-4/h7,9,12,14,18-19,21H,5-6,8,10-11,13H2,1-4H3. The molecule has 116 valence electrons. The summed E-state index contributed by atoms with van der Waals surface area (Å²) in [5.74, 6) is 2.33. The van der Waals surface area contributed by atoms with Crippen LogP contribution in [0.3, 0.4) is 0 Å². The van der Waals surface area contributed by atoms with Crippen LogP contribution >= 0.6 is 0 Å². The summed E-state index contributed by atoms with van der Waals surface area (Å²) in [6.07, 6.45) is 6.87. The fourth-order valence-corrected chi connectivity index (χ4v) is 5.02. The first-order valence-electron chi connectivity index (χ1n) is 8.82. The number of hydrogen-bond acceptors (Lipinski definition) is 1. The third-order valence-corrected chi connectivity index (χ3v) is 6.18. The number of aryl methyl sites for hydroxylation is 1. The molecule has 1 nitrogen and oxygen atoms in total. The van der Waals surface area contributed by atoms with Crippen LogP contribution in [0.25, 0.3) is 0 Å². The van der Waals surface area contributed by atoms with E-state index >= 15 is 0 Å². The number of fused-ring (bicyclic) bond motifs is 3. The zero-order chi connectivity index (χ0) is 15.0. The second kappa shape index (κ2) is 5.76. The summed E-state index contributed by atoms with van der Waals surface area (Å²) in [5.41, 5.74) is 5.33. The molecule has 1 fully saturated rings. The van der Waals surface area contributed by atoms with Crippen molar-refractivity contribution in [3.05, 3.63) is 34.9 Å². The summed E-state index contributed by atoms with van der Waals surface area (Å²) < 4.78 is 0. The monoisotopic (exact) mass is 285 g/mol. The lowest BCUT2D eigenvalue weighted by atomic mass is 9.56. The second-order valence-corrected chi connectivity index (χ2v) is 7.94. The van der Waals surface area contributed by atoms with Crippen molar-refractivity contribution >= 4 is 0 Å². The molecule has 0 saturated heterocycles. The van der Waals surface area contributed by atoms with Gasteiger partial charge in [-0.3, -0.25) is 0 Å². The Hall–Kier alpha value is -0.820. The highest BCUT2D eigenvalue weighted by Crippen LogP contribution is 2.53. The molecule has 0 aromatic heterocycles. The Morgan fingerprint density at radius 2 is 2.10 bits per heavy atom. The molecule has 0 bridgehead atoms. The third kappa shape index (κ3) is 2.65. The molecule has 0 aliphatic heterocycles. The van der Waals surface area contributed by atoms with Crippen LogP contribution in [0.15, 0.2) is 18.2 Å². The van der Waals surface area contributed by atoms with E-state index in [4.69, 9.17) is 0 Å². The maximum atomic E-state index is 3.46. The van der Waals surface area contributed by atoms with Crippen molar-refractivity contribution in [2.45, 2.75) is 64.7 Å². The van der Waals surface area contributed by atoms with Gasteiger partial charge in [0.05, 0.1) is 0 Å². The summed E-state index contributed by atoms with van der Waals surface area (Å²) >= 11 is 0. The van der Waals surface area contributed by atoms with Gasteiger partial charge in [0.1, 0.15) is 0 Å². The topological polar surface area (TPSA) is 12.0 Å². The summed E-state index contributed by atoms with van der Waals surface area (Å²) in [4.78, 5) is 0. The van der Waals surface area contributed by atoms with Crippen molar-refractivity contribution in [1.82, 2.24) is 5.32 Å². The Morgan fingerprint density at radius 1 is 1.29 bits per heavy atom. The minimum atomic E-state index is 0.492. The van der Waals surface area contributed by atoms with Gasteiger partial charge in [-0.05, 0) is 72.6 Å². The molecule has 1 aromatic rings. The Kier molecular flexibility index (Phi) is 4.14. The molecule has 21 heavy (non-hydrogen) atoms. The largest absolute Gasteiger partial charge is 0.319 e. The number of nitrogens with one attached hydrogen (secondary N) is 1. The molecule has 2 aliphatic rings. The number of rotatable bonds is 3. The lowest BCUT2D eigenvalue weighted by Gasteiger charge is -2.49. The highest BCUT2D eigenvalue weighted by molar-refractivity contribution is 5.39. The highest BCUT2D eigenvalue weighted by Gasteiger charge is 2.44. The van der Waals surface area contributed by atoms with Gasteiger partial charge < -0.3 is 5.32 Å². The van der Waals surface area contributed by atoms with E-state index in [0.29, 0.717) is 11.3 Å². The van der Waals surface area contributed by atoms with Gasteiger partial charge in [-0.2, -0.15) is 0 Å². The quantitative estimate of drug-likeness (QED) is 0.836. The van der Waals surface area contributed by atoms with Crippen LogP contribution < -0.4 is 5.32 Å². The first-order valence-corrected chi connectivity index (χ1v) is 8.82. The van der Waals surface area contributed by atoms with Gasteiger partial charge in [-0.25, -0.2) is 0 Å². The average Bonchev–Trinajstić information content (AvgIpc) is 2.46. The Bertz CT molecular complexity index is 501. The molecule has 1 saturated carbocycles. The number of benzene rings is 1. The molecule has 2 aliphatic carbocycles. The highest BCUT2D eigenvalue weighted by atomic mass is 14.8. The third-order valence-electron chi connectivity index (χ3n) is 6.18. The van der Waals surface area contributed by atoms with Crippen LogP contribution in [0.1, 0.15) is 75.0 Å². The van der Waals surface area contributed by atoms with Crippen LogP contribution in [-0.4, -0.2) is 13.6 Å². The van der Waals surface area contributed by atoms with Crippen molar-refractivity contribution in [2.75, 3.05) is 13.6 Å². The van der Waals surface area contributed by atoms with Gasteiger partial charge in [-0.15, -0.1) is 0 Å². The van der Waals surface area contributed by atoms with Crippen molar-refractivity contribution < 1.29 is 0 Å². The first-order chi connectivity index (χ1) is 10.0. The summed E-state index contributed by atoms with van der Waals surface area (Å²) in [5, 5.41) is 3.46. The lowest BCUT2D eigenvalue weighted by molar-refractivity contribution is 0.0792. The van der Waals surface area contributed by atoms with Crippen molar-refractivity contribution in [3.8, 4) is 0 Å². The first kappa shape index (κ1) is 15.1. The van der Waals surface area contributed by atoms with Gasteiger partial charge in [0.25, 0.3) is 0 Å². The summed E-state index contributed by atoms with van der Waals surface area (Å²) in [6, 6.07) is 7.35. The molecular weight excluding hydrogens is 254 g/mol. The molecule has 3 rings (SSSR count). The van der Waals surface area contributed by atoms with Crippen molar-refractivity contribution in [2.24, 2.45) is 11.3 Å². The number of hydrogen-bond donors (Lipinski definition) is 1. The second-order valence-electron chi connectivity index (χ2n) is 7.94. The molecule has 3 atom stereocenters. The normalized spacial score (nSPS) is 31.9. The lowest BCUT2D eigenvalue weighted by Crippen LogP contribution is -2.44. The van der Waals surface area contributed by atoms with Crippen LogP contribution in [0, 0.1) is 11.3 Å². The minimum absolute atomic E-state index is 0.492.